The van der Waals surface area contributed by atoms with Crippen molar-refractivity contribution in [2.75, 3.05) is 7.11 Å². The highest BCUT2D eigenvalue weighted by Crippen LogP contribution is 2.56. The second kappa shape index (κ2) is 8.70. The molecule has 1 saturated carbocycles. The Bertz CT molecular complexity index is 943. The van der Waals surface area contributed by atoms with Crippen molar-refractivity contribution in [2.24, 2.45) is 5.92 Å². The van der Waals surface area contributed by atoms with Crippen molar-refractivity contribution in [2.45, 2.75) is 44.3 Å². The maximum atomic E-state index is 12.3. The molecule has 168 valence electrons. The lowest BCUT2D eigenvalue weighted by molar-refractivity contribution is -0.274. The molecule has 0 saturated heterocycles. The maximum absolute atomic E-state index is 12.3. The largest absolute Gasteiger partial charge is 0.573 e. The molecule has 1 aliphatic rings. The standard InChI is InChI=1S/C22H22BrF3O5/c1-21(2,20(27)28)31-18-9-6-13(10-17(18)23)15-11-16(15)19(29-3)12-4-7-14(8-5-12)30-22(24,25)26/h4-10,15-16,19H,11H2,1-3H3,(H,27,28). The average Bonchev–Trinajstić information content (AvgIpc) is 3.44. The summed E-state index contributed by atoms with van der Waals surface area (Å²) < 4.78 is 52.8. The van der Waals surface area contributed by atoms with Gasteiger partial charge in [0, 0.05) is 7.11 Å². The molecule has 3 unspecified atom stereocenters. The first-order valence-electron chi connectivity index (χ1n) is 9.51. The number of ether oxygens (including phenoxy) is 3. The highest BCUT2D eigenvalue weighted by Gasteiger charge is 2.45. The number of hydrogen-bond acceptors (Lipinski definition) is 4. The maximum Gasteiger partial charge on any atom is 0.573 e. The molecule has 0 spiro atoms. The van der Waals surface area contributed by atoms with E-state index in [1.54, 1.807) is 25.3 Å². The van der Waals surface area contributed by atoms with Gasteiger partial charge < -0.3 is 19.3 Å². The van der Waals surface area contributed by atoms with E-state index < -0.39 is 17.9 Å². The van der Waals surface area contributed by atoms with E-state index in [1.807, 2.05) is 12.1 Å². The van der Waals surface area contributed by atoms with Gasteiger partial charge in [0.2, 0.25) is 0 Å². The van der Waals surface area contributed by atoms with E-state index in [4.69, 9.17) is 9.47 Å². The van der Waals surface area contributed by atoms with Crippen molar-refractivity contribution >= 4 is 21.9 Å². The molecule has 1 fully saturated rings. The normalized spacial score (nSPS) is 19.6. The molecule has 0 aromatic heterocycles. The average molecular weight is 503 g/mol. The van der Waals surface area contributed by atoms with Crippen LogP contribution in [0.25, 0.3) is 0 Å². The van der Waals surface area contributed by atoms with E-state index >= 15 is 0 Å². The summed E-state index contributed by atoms with van der Waals surface area (Å²) in [6, 6.07) is 11.2. The van der Waals surface area contributed by atoms with Gasteiger partial charge in [-0.25, -0.2) is 4.79 Å². The Kier molecular flexibility index (Phi) is 6.57. The van der Waals surface area contributed by atoms with Crippen molar-refractivity contribution < 1.29 is 37.3 Å². The summed E-state index contributed by atoms with van der Waals surface area (Å²) in [5.74, 6) is -0.554. The van der Waals surface area contributed by atoms with Gasteiger partial charge in [-0.05, 0) is 83.4 Å². The van der Waals surface area contributed by atoms with E-state index in [2.05, 4.69) is 20.7 Å². The molecular weight excluding hydrogens is 481 g/mol. The molecule has 1 N–H and O–H groups in total. The highest BCUT2D eigenvalue weighted by atomic mass is 79.9. The van der Waals surface area contributed by atoms with E-state index in [1.165, 1.54) is 26.0 Å². The van der Waals surface area contributed by atoms with Crippen LogP contribution in [-0.4, -0.2) is 30.1 Å². The van der Waals surface area contributed by atoms with Crippen LogP contribution in [0.15, 0.2) is 46.9 Å². The Morgan fingerprint density at radius 1 is 1.13 bits per heavy atom. The molecular formula is C22H22BrF3O5. The number of halogens is 4. The summed E-state index contributed by atoms with van der Waals surface area (Å²) in [7, 11) is 1.57. The molecule has 3 rings (SSSR count). The molecule has 31 heavy (non-hydrogen) atoms. The van der Waals surface area contributed by atoms with Gasteiger partial charge in [-0.1, -0.05) is 18.2 Å². The minimum absolute atomic E-state index is 0.161. The summed E-state index contributed by atoms with van der Waals surface area (Å²) >= 11 is 3.44. The first-order valence-corrected chi connectivity index (χ1v) is 10.3. The Labute approximate surface area is 186 Å². The van der Waals surface area contributed by atoms with Crippen molar-refractivity contribution in [3.8, 4) is 11.5 Å². The van der Waals surface area contributed by atoms with Gasteiger partial charge in [0.25, 0.3) is 0 Å². The SMILES string of the molecule is COC(c1ccc(OC(F)(F)F)cc1)C1CC1c1ccc(OC(C)(C)C(=O)O)c(Br)c1. The fourth-order valence-corrected chi connectivity index (χ4v) is 3.98. The number of rotatable bonds is 8. The van der Waals surface area contributed by atoms with Crippen LogP contribution in [0.3, 0.4) is 0 Å². The zero-order valence-corrected chi connectivity index (χ0v) is 18.7. The lowest BCUT2D eigenvalue weighted by Gasteiger charge is -2.22. The predicted octanol–water partition coefficient (Wildman–Crippen LogP) is 6.08. The minimum Gasteiger partial charge on any atom is -0.478 e. The minimum atomic E-state index is -4.73. The van der Waals surface area contributed by atoms with Gasteiger partial charge >= 0.3 is 12.3 Å². The molecule has 3 atom stereocenters. The van der Waals surface area contributed by atoms with Crippen LogP contribution in [0.1, 0.15) is 43.4 Å². The number of carboxylic acids is 1. The number of alkyl halides is 3. The molecule has 0 heterocycles. The smallest absolute Gasteiger partial charge is 0.478 e. The topological polar surface area (TPSA) is 65.0 Å². The first-order chi connectivity index (χ1) is 14.4. The van der Waals surface area contributed by atoms with Gasteiger partial charge in [-0.2, -0.15) is 0 Å². The van der Waals surface area contributed by atoms with E-state index in [0.29, 0.717) is 10.2 Å². The molecule has 0 bridgehead atoms. The molecule has 1 aliphatic carbocycles. The molecule has 2 aromatic rings. The molecule has 0 amide bonds. The van der Waals surface area contributed by atoms with Gasteiger partial charge in [-0.3, -0.25) is 0 Å². The number of carbonyl (C=O) groups is 1. The summed E-state index contributed by atoms with van der Waals surface area (Å²) in [6.45, 7) is 2.95. The van der Waals surface area contributed by atoms with Crippen molar-refractivity contribution in [3.63, 3.8) is 0 Å². The summed E-state index contributed by atoms with van der Waals surface area (Å²) in [5.41, 5.74) is 0.443. The van der Waals surface area contributed by atoms with Crippen molar-refractivity contribution in [1.82, 2.24) is 0 Å². The summed E-state index contributed by atoms with van der Waals surface area (Å²) in [4.78, 5) is 11.3. The monoisotopic (exact) mass is 502 g/mol. The number of aliphatic carboxylic acids is 1. The van der Waals surface area contributed by atoms with E-state index in [9.17, 15) is 23.1 Å². The zero-order chi connectivity index (χ0) is 23.0. The van der Waals surface area contributed by atoms with Crippen LogP contribution in [0.4, 0.5) is 13.2 Å². The molecule has 9 heteroatoms. The first kappa shape index (κ1) is 23.4. The zero-order valence-electron chi connectivity index (χ0n) is 17.1. The van der Waals surface area contributed by atoms with Crippen LogP contribution in [-0.2, 0) is 9.53 Å². The molecule has 0 aliphatic heterocycles. The molecule has 5 nitrogen and oxygen atoms in total. The predicted molar refractivity (Wildman–Crippen MR) is 110 cm³/mol. The number of benzene rings is 2. The van der Waals surface area contributed by atoms with Crippen LogP contribution in [0, 0.1) is 5.92 Å². The third-order valence-corrected chi connectivity index (χ3v) is 5.81. The number of methoxy groups -OCH3 is 1. The number of hydrogen-bond donors (Lipinski definition) is 1. The van der Waals surface area contributed by atoms with Gasteiger partial charge in [0.1, 0.15) is 11.5 Å². The fourth-order valence-electron chi connectivity index (χ4n) is 3.50. The second-order valence-corrected chi connectivity index (χ2v) is 8.74. The third-order valence-electron chi connectivity index (χ3n) is 5.19. The van der Waals surface area contributed by atoms with E-state index in [0.717, 1.165) is 17.5 Å². The lowest BCUT2D eigenvalue weighted by Crippen LogP contribution is -2.37. The van der Waals surface area contributed by atoms with Gasteiger partial charge in [0.15, 0.2) is 5.60 Å². The van der Waals surface area contributed by atoms with Crippen LogP contribution in [0.5, 0.6) is 11.5 Å². The Morgan fingerprint density at radius 3 is 2.29 bits per heavy atom. The Hall–Kier alpha value is -2.26. The quantitative estimate of drug-likeness (QED) is 0.473. The van der Waals surface area contributed by atoms with Crippen LogP contribution in [0.2, 0.25) is 0 Å². The van der Waals surface area contributed by atoms with Gasteiger partial charge in [-0.15, -0.1) is 13.2 Å². The van der Waals surface area contributed by atoms with Crippen molar-refractivity contribution in [1.29, 1.82) is 0 Å². The highest BCUT2D eigenvalue weighted by molar-refractivity contribution is 9.10. The number of carboxylic acid groups (broad SMARTS) is 1. The summed E-state index contributed by atoms with van der Waals surface area (Å²) in [6.07, 6.45) is -4.15. The third kappa shape index (κ3) is 5.71. The summed E-state index contributed by atoms with van der Waals surface area (Å²) in [5, 5.41) is 9.23. The van der Waals surface area contributed by atoms with Gasteiger partial charge in [0.05, 0.1) is 10.6 Å². The van der Waals surface area contributed by atoms with Crippen LogP contribution >= 0.6 is 15.9 Å². The van der Waals surface area contributed by atoms with Crippen LogP contribution < -0.4 is 9.47 Å². The lowest BCUT2D eigenvalue weighted by atomic mass is 10.0. The Morgan fingerprint density at radius 2 is 1.77 bits per heavy atom. The Balaban J connectivity index is 1.70. The molecule has 2 aromatic carbocycles. The second-order valence-electron chi connectivity index (χ2n) is 7.89. The molecule has 0 radical (unpaired) electrons. The fraction of sp³-hybridized carbons (Fsp3) is 0.409. The van der Waals surface area contributed by atoms with E-state index in [-0.39, 0.29) is 23.7 Å². The van der Waals surface area contributed by atoms with Crippen molar-refractivity contribution in [3.05, 3.63) is 58.1 Å².